The maximum Gasteiger partial charge on any atom is 0.523 e. The predicted molar refractivity (Wildman–Crippen MR) is 150 cm³/mol. The van der Waals surface area contributed by atoms with Gasteiger partial charge in [0, 0.05) is 12.3 Å². The summed E-state index contributed by atoms with van der Waals surface area (Å²) in [5.41, 5.74) is -1.22. The molecule has 1 unspecified atom stereocenters. The number of aliphatic hydroxyl groups is 1. The van der Waals surface area contributed by atoms with Crippen LogP contribution in [0.3, 0.4) is 0 Å². The summed E-state index contributed by atoms with van der Waals surface area (Å²) in [6, 6.07) is 24.2. The molecule has 0 aliphatic carbocycles. The second-order valence-corrected chi connectivity index (χ2v) is 9.92. The molecule has 0 saturated carbocycles. The van der Waals surface area contributed by atoms with Gasteiger partial charge < -0.3 is 24.1 Å². The zero-order valence-electron chi connectivity index (χ0n) is 23.6. The van der Waals surface area contributed by atoms with E-state index in [1.165, 1.54) is 14.2 Å². The van der Waals surface area contributed by atoms with Crippen LogP contribution < -0.4 is 20.7 Å². The van der Waals surface area contributed by atoms with Crippen molar-refractivity contribution in [3.63, 3.8) is 0 Å². The minimum atomic E-state index is -5.17. The highest BCUT2D eigenvalue weighted by Crippen LogP contribution is 2.43. The number of hydrogen-bond acceptors (Lipinski definition) is 8. The molecule has 13 heteroatoms. The van der Waals surface area contributed by atoms with E-state index in [9.17, 15) is 27.9 Å². The summed E-state index contributed by atoms with van der Waals surface area (Å²) in [5.74, 6) is 1.17. The molecule has 0 spiro atoms. The van der Waals surface area contributed by atoms with Crippen molar-refractivity contribution in [2.45, 2.75) is 36.5 Å². The highest BCUT2D eigenvalue weighted by molar-refractivity contribution is 5.49. The van der Waals surface area contributed by atoms with Gasteiger partial charge in [0.25, 0.3) is 5.56 Å². The van der Waals surface area contributed by atoms with Gasteiger partial charge in [0.2, 0.25) is 0 Å². The highest BCUT2D eigenvalue weighted by Gasteiger charge is 2.52. The van der Waals surface area contributed by atoms with Crippen LogP contribution in [0.25, 0.3) is 0 Å². The van der Waals surface area contributed by atoms with Gasteiger partial charge in [-0.3, -0.25) is 19.1 Å². The Morgan fingerprint density at radius 2 is 1.39 bits per heavy atom. The average Bonchev–Trinajstić information content (AvgIpc) is 3.31. The lowest BCUT2D eigenvalue weighted by Gasteiger charge is -2.37. The van der Waals surface area contributed by atoms with Crippen LogP contribution in [0.15, 0.2) is 101 Å². The van der Waals surface area contributed by atoms with E-state index in [4.69, 9.17) is 18.9 Å². The molecule has 4 aromatic rings. The number of alkyl halides is 3. The molecule has 4 atom stereocenters. The van der Waals surface area contributed by atoms with Crippen molar-refractivity contribution in [1.82, 2.24) is 9.55 Å². The standard InChI is InChI=1S/C31H29F3N2O8/c1-40-22-12-8-20(9-13-22)30(19-6-4-3-5-7-19,21-10-14-23(41-2)15-11-21)42-18-24-26(38)27(44-31(32,33)34)28(43-24)36-17-16-25(37)35-29(36)39/h3-17,24,26-28,38H,18H2,1-2H3,(H,35,37,39)/t24-,26+,27?,28-/m1/s1. The summed E-state index contributed by atoms with van der Waals surface area (Å²) in [4.78, 5) is 26.0. The Labute approximate surface area is 249 Å². The number of aliphatic hydroxyl groups excluding tert-OH is 1. The zero-order valence-corrected chi connectivity index (χ0v) is 23.6. The molecule has 232 valence electrons. The Morgan fingerprint density at radius 3 is 1.89 bits per heavy atom. The third kappa shape index (κ3) is 6.26. The van der Waals surface area contributed by atoms with Crippen LogP contribution >= 0.6 is 0 Å². The molecule has 0 radical (unpaired) electrons. The van der Waals surface area contributed by atoms with Crippen molar-refractivity contribution in [2.24, 2.45) is 0 Å². The van der Waals surface area contributed by atoms with Crippen LogP contribution in [0.5, 0.6) is 11.5 Å². The van der Waals surface area contributed by atoms with E-state index in [1.54, 1.807) is 48.5 Å². The number of methoxy groups -OCH3 is 2. The first-order valence-corrected chi connectivity index (χ1v) is 13.4. The number of aromatic nitrogens is 2. The van der Waals surface area contributed by atoms with Crippen LogP contribution in [0.1, 0.15) is 22.9 Å². The second kappa shape index (κ2) is 12.7. The van der Waals surface area contributed by atoms with Crippen molar-refractivity contribution in [2.75, 3.05) is 20.8 Å². The molecule has 2 heterocycles. The van der Waals surface area contributed by atoms with Gasteiger partial charge in [0.1, 0.15) is 35.4 Å². The Hall–Kier alpha value is -4.43. The molecule has 0 amide bonds. The van der Waals surface area contributed by atoms with E-state index >= 15 is 0 Å². The molecule has 1 aliphatic rings. The fourth-order valence-corrected chi connectivity index (χ4v) is 5.27. The minimum Gasteiger partial charge on any atom is -0.497 e. The van der Waals surface area contributed by atoms with Gasteiger partial charge in [-0.1, -0.05) is 54.6 Å². The normalized spacial score (nSPS) is 20.4. The molecular weight excluding hydrogens is 585 g/mol. The van der Waals surface area contributed by atoms with Gasteiger partial charge in [-0.15, -0.1) is 13.2 Å². The largest absolute Gasteiger partial charge is 0.523 e. The molecule has 10 nitrogen and oxygen atoms in total. The molecule has 2 N–H and O–H groups in total. The van der Waals surface area contributed by atoms with Crippen LogP contribution in [-0.2, 0) is 19.8 Å². The van der Waals surface area contributed by atoms with Gasteiger partial charge in [-0.05, 0) is 41.0 Å². The SMILES string of the molecule is COc1ccc(C(OC[C@H]2O[C@@H](n3ccc(=O)[nH]c3=O)C(OC(F)(F)F)[C@H]2O)(c2ccccc2)c2ccc(OC)cc2)cc1. The smallest absolute Gasteiger partial charge is 0.497 e. The van der Waals surface area contributed by atoms with Gasteiger partial charge in [-0.25, -0.2) is 4.79 Å². The average molecular weight is 615 g/mol. The van der Waals surface area contributed by atoms with Crippen molar-refractivity contribution in [1.29, 1.82) is 0 Å². The molecule has 1 aliphatic heterocycles. The molecule has 1 saturated heterocycles. The molecular formula is C31H29F3N2O8. The third-order valence-electron chi connectivity index (χ3n) is 7.35. The maximum absolute atomic E-state index is 13.4. The first-order chi connectivity index (χ1) is 21.1. The minimum absolute atomic E-state index is 0.444. The fourth-order valence-electron chi connectivity index (χ4n) is 5.27. The molecule has 5 rings (SSSR count). The van der Waals surface area contributed by atoms with E-state index in [0.717, 1.165) is 16.8 Å². The van der Waals surface area contributed by atoms with Gasteiger partial charge in [-0.2, -0.15) is 0 Å². The summed E-state index contributed by atoms with van der Waals surface area (Å²) in [5, 5.41) is 11.1. The Morgan fingerprint density at radius 1 is 0.841 bits per heavy atom. The summed E-state index contributed by atoms with van der Waals surface area (Å²) in [7, 11) is 3.06. The number of rotatable bonds is 10. The fraction of sp³-hybridized carbons (Fsp3) is 0.290. The molecule has 44 heavy (non-hydrogen) atoms. The first-order valence-electron chi connectivity index (χ1n) is 13.4. The second-order valence-electron chi connectivity index (χ2n) is 9.92. The summed E-state index contributed by atoms with van der Waals surface area (Å²) >= 11 is 0. The van der Waals surface area contributed by atoms with Crippen LogP contribution in [-0.4, -0.2) is 60.2 Å². The molecule has 1 aromatic heterocycles. The number of aromatic amines is 1. The van der Waals surface area contributed by atoms with E-state index in [0.29, 0.717) is 28.2 Å². The van der Waals surface area contributed by atoms with Crippen LogP contribution in [0.2, 0.25) is 0 Å². The van der Waals surface area contributed by atoms with Gasteiger partial charge >= 0.3 is 12.1 Å². The number of benzene rings is 3. The molecule has 0 bridgehead atoms. The van der Waals surface area contributed by atoms with Gasteiger partial charge in [0.05, 0.1) is 20.8 Å². The Bertz CT molecular complexity index is 1610. The monoisotopic (exact) mass is 614 g/mol. The zero-order chi connectivity index (χ0) is 31.5. The van der Waals surface area contributed by atoms with Gasteiger partial charge in [0.15, 0.2) is 6.23 Å². The quantitative estimate of drug-likeness (QED) is 0.260. The van der Waals surface area contributed by atoms with Crippen molar-refractivity contribution in [3.8, 4) is 11.5 Å². The lowest BCUT2D eigenvalue weighted by Crippen LogP contribution is -2.43. The lowest BCUT2D eigenvalue weighted by atomic mass is 9.80. The van der Waals surface area contributed by atoms with E-state index in [-0.39, 0.29) is 0 Å². The predicted octanol–water partition coefficient (Wildman–Crippen LogP) is 3.73. The number of hydrogen-bond donors (Lipinski definition) is 2. The number of nitrogens with one attached hydrogen (secondary N) is 1. The Balaban J connectivity index is 1.58. The van der Waals surface area contributed by atoms with Crippen LogP contribution in [0, 0.1) is 0 Å². The number of ether oxygens (including phenoxy) is 5. The summed E-state index contributed by atoms with van der Waals surface area (Å²) in [6.07, 6.45) is -11.3. The summed E-state index contributed by atoms with van der Waals surface area (Å²) in [6.45, 7) is -0.444. The van der Waals surface area contributed by atoms with Crippen molar-refractivity contribution < 1.29 is 42.0 Å². The summed E-state index contributed by atoms with van der Waals surface area (Å²) < 4.78 is 68.4. The first kappa shape index (κ1) is 31.0. The topological polar surface area (TPSA) is 121 Å². The molecule has 3 aromatic carbocycles. The Kier molecular flexibility index (Phi) is 8.92. The van der Waals surface area contributed by atoms with Crippen molar-refractivity contribution >= 4 is 0 Å². The lowest BCUT2D eigenvalue weighted by molar-refractivity contribution is -0.356. The number of halogens is 3. The number of nitrogens with zero attached hydrogens (tertiary/aromatic N) is 1. The van der Waals surface area contributed by atoms with Crippen molar-refractivity contribution in [3.05, 3.63) is 129 Å². The van der Waals surface area contributed by atoms with E-state index < -0.39 is 54.4 Å². The molecule has 1 fully saturated rings. The number of H-pyrrole nitrogens is 1. The third-order valence-corrected chi connectivity index (χ3v) is 7.35. The highest BCUT2D eigenvalue weighted by atomic mass is 19.4. The van der Waals surface area contributed by atoms with E-state index in [1.807, 2.05) is 35.3 Å². The van der Waals surface area contributed by atoms with Crippen LogP contribution in [0.4, 0.5) is 13.2 Å². The maximum atomic E-state index is 13.4. The van der Waals surface area contributed by atoms with E-state index in [2.05, 4.69) is 4.74 Å².